The lowest BCUT2D eigenvalue weighted by Gasteiger charge is -2.42. The van der Waals surface area contributed by atoms with Crippen LogP contribution in [0.1, 0.15) is 27.7 Å². The number of hydrogen-bond acceptors (Lipinski definition) is 11. The molecule has 0 aromatic carbocycles. The van der Waals surface area contributed by atoms with E-state index in [2.05, 4.69) is 16.0 Å². The molecule has 0 spiro atoms. The minimum absolute atomic E-state index is 0.312. The molecule has 1 rings (SSSR count). The molecule has 1 heterocycles. The Labute approximate surface area is 155 Å². The highest BCUT2D eigenvalue weighted by atomic mass is 16.7. The topological polar surface area (TPSA) is 139 Å². The van der Waals surface area contributed by atoms with Crippen LogP contribution in [-0.4, -0.2) is 74.2 Å². The van der Waals surface area contributed by atoms with Gasteiger partial charge in [-0.05, 0) is 0 Å². The van der Waals surface area contributed by atoms with E-state index < -0.39 is 54.5 Å². The average molecular weight is 386 g/mol. The first-order valence-corrected chi connectivity index (χ1v) is 7.99. The molecule has 0 unspecified atom stereocenters. The van der Waals surface area contributed by atoms with Gasteiger partial charge in [0.25, 0.3) is 0 Å². The van der Waals surface area contributed by atoms with E-state index in [0.29, 0.717) is 0 Å². The van der Waals surface area contributed by atoms with Gasteiger partial charge in [0.1, 0.15) is 12.7 Å². The maximum Gasteiger partial charge on any atom is 0.303 e. The number of carbonyl (C=O) groups is 4. The van der Waals surface area contributed by atoms with E-state index in [1.807, 2.05) is 0 Å². The minimum atomic E-state index is -1.25. The molecule has 1 saturated heterocycles. The Morgan fingerprint density at radius 1 is 0.852 bits per heavy atom. The molecule has 1 aliphatic heterocycles. The summed E-state index contributed by atoms with van der Waals surface area (Å²) in [5, 5.41) is 0. The zero-order valence-corrected chi connectivity index (χ0v) is 15.7. The van der Waals surface area contributed by atoms with Crippen LogP contribution in [0.5, 0.6) is 0 Å². The van der Waals surface area contributed by atoms with Gasteiger partial charge >= 0.3 is 23.9 Å². The van der Waals surface area contributed by atoms with E-state index in [1.165, 1.54) is 14.0 Å². The van der Waals surface area contributed by atoms with Crippen molar-refractivity contribution < 1.29 is 42.9 Å². The standard InChI is InChI=1S/C16H22N2O9/c1-8(19)23-6-12-13(24-9(2)20)14(25-10(3)21)15(26-11(4)22)16(27-12)18-7-17-5/h12-16H,6H2,1-5H3/t12-,13-,14+,15-,16-/m1/s1. The molecule has 0 radical (unpaired) electrons. The smallest absolute Gasteiger partial charge is 0.303 e. The first kappa shape index (κ1) is 22.3. The van der Waals surface area contributed by atoms with Gasteiger partial charge in [0.05, 0.1) is 6.01 Å². The summed E-state index contributed by atoms with van der Waals surface area (Å²) in [7, 11) is 1.41. The van der Waals surface area contributed by atoms with Crippen molar-refractivity contribution in [3.05, 3.63) is 0 Å². The number of esters is 4. The summed E-state index contributed by atoms with van der Waals surface area (Å²) in [6.45, 7) is 4.30. The van der Waals surface area contributed by atoms with Gasteiger partial charge in [-0.2, -0.15) is 4.99 Å². The van der Waals surface area contributed by atoms with Crippen LogP contribution in [0, 0.1) is 0 Å². The quantitative estimate of drug-likeness (QED) is 0.347. The summed E-state index contributed by atoms with van der Waals surface area (Å²) in [5.41, 5.74) is 0. The van der Waals surface area contributed by atoms with Crippen LogP contribution in [0.3, 0.4) is 0 Å². The zero-order chi connectivity index (χ0) is 20.6. The first-order chi connectivity index (χ1) is 12.6. The molecular weight excluding hydrogens is 364 g/mol. The van der Waals surface area contributed by atoms with Gasteiger partial charge in [-0.15, -0.1) is 0 Å². The van der Waals surface area contributed by atoms with Crippen LogP contribution in [0.25, 0.3) is 0 Å². The molecule has 11 nitrogen and oxygen atoms in total. The minimum Gasteiger partial charge on any atom is -0.463 e. The summed E-state index contributed by atoms with van der Waals surface area (Å²) in [4.78, 5) is 53.2. The highest BCUT2D eigenvalue weighted by Crippen LogP contribution is 2.29. The SMILES string of the molecule is CN=C=N[C@@H]1O[C@H](COC(C)=O)[C@@H](OC(C)=O)[C@H](OC(C)=O)[C@H]1OC(C)=O. The van der Waals surface area contributed by atoms with Crippen LogP contribution in [0.2, 0.25) is 0 Å². The van der Waals surface area contributed by atoms with E-state index in [0.717, 1.165) is 20.8 Å². The normalized spacial score (nSPS) is 26.8. The third-order valence-electron chi connectivity index (χ3n) is 3.25. The van der Waals surface area contributed by atoms with Crippen molar-refractivity contribution in [3.8, 4) is 0 Å². The van der Waals surface area contributed by atoms with Crippen molar-refractivity contribution in [3.63, 3.8) is 0 Å². The fourth-order valence-electron chi connectivity index (χ4n) is 2.42. The number of aliphatic imine (C=N–C) groups is 2. The molecule has 0 aromatic heterocycles. The number of hydrogen-bond donors (Lipinski definition) is 0. The predicted molar refractivity (Wildman–Crippen MR) is 87.7 cm³/mol. The summed E-state index contributed by atoms with van der Waals surface area (Å²) in [6, 6.07) is 2.31. The maximum absolute atomic E-state index is 11.6. The van der Waals surface area contributed by atoms with Crippen LogP contribution < -0.4 is 0 Å². The largest absolute Gasteiger partial charge is 0.463 e. The van der Waals surface area contributed by atoms with E-state index in [9.17, 15) is 19.2 Å². The lowest BCUT2D eigenvalue weighted by molar-refractivity contribution is -0.250. The zero-order valence-electron chi connectivity index (χ0n) is 15.7. The monoisotopic (exact) mass is 386 g/mol. The van der Waals surface area contributed by atoms with E-state index >= 15 is 0 Å². The number of rotatable bonds is 6. The fourth-order valence-corrected chi connectivity index (χ4v) is 2.42. The van der Waals surface area contributed by atoms with E-state index in [-0.39, 0.29) is 6.61 Å². The Hall–Kier alpha value is -2.78. The van der Waals surface area contributed by atoms with Gasteiger partial charge in [0.15, 0.2) is 24.5 Å². The average Bonchev–Trinajstić information content (AvgIpc) is 2.54. The molecule has 0 bridgehead atoms. The maximum atomic E-state index is 11.6. The molecule has 1 aliphatic rings. The van der Waals surface area contributed by atoms with Gasteiger partial charge in [-0.25, -0.2) is 4.99 Å². The molecule has 150 valence electrons. The molecule has 0 N–H and O–H groups in total. The van der Waals surface area contributed by atoms with Gasteiger partial charge in [0.2, 0.25) is 0 Å². The van der Waals surface area contributed by atoms with Gasteiger partial charge in [0, 0.05) is 34.7 Å². The third-order valence-corrected chi connectivity index (χ3v) is 3.25. The molecule has 27 heavy (non-hydrogen) atoms. The molecule has 0 aliphatic carbocycles. The number of nitrogens with zero attached hydrogens (tertiary/aromatic N) is 2. The Bertz CT molecular complexity index is 642. The lowest BCUT2D eigenvalue weighted by Crippen LogP contribution is -2.61. The van der Waals surface area contributed by atoms with E-state index in [4.69, 9.17) is 23.7 Å². The van der Waals surface area contributed by atoms with Gasteiger partial charge < -0.3 is 23.7 Å². The van der Waals surface area contributed by atoms with Crippen molar-refractivity contribution in [1.29, 1.82) is 0 Å². The second-order valence-corrected chi connectivity index (χ2v) is 5.54. The first-order valence-electron chi connectivity index (χ1n) is 7.99. The van der Waals surface area contributed by atoms with E-state index in [1.54, 1.807) is 0 Å². The van der Waals surface area contributed by atoms with Gasteiger partial charge in [-0.1, -0.05) is 0 Å². The molecular formula is C16H22N2O9. The second-order valence-electron chi connectivity index (χ2n) is 5.54. The van der Waals surface area contributed by atoms with Crippen molar-refractivity contribution in [2.24, 2.45) is 9.98 Å². The number of carbonyl (C=O) groups excluding carboxylic acids is 4. The fraction of sp³-hybridized carbons (Fsp3) is 0.688. The Kier molecular flexibility index (Phi) is 8.57. The Morgan fingerprint density at radius 3 is 1.85 bits per heavy atom. The van der Waals surface area contributed by atoms with Gasteiger partial charge in [-0.3, -0.25) is 19.2 Å². The molecule has 0 amide bonds. The van der Waals surface area contributed by atoms with Crippen LogP contribution >= 0.6 is 0 Å². The Balaban J connectivity index is 3.33. The summed E-state index contributed by atoms with van der Waals surface area (Å²) < 4.78 is 26.2. The van der Waals surface area contributed by atoms with Crippen LogP contribution in [0.15, 0.2) is 9.98 Å². The predicted octanol–water partition coefficient (Wildman–Crippen LogP) is -0.127. The summed E-state index contributed by atoms with van der Waals surface area (Å²) >= 11 is 0. The number of ether oxygens (including phenoxy) is 5. The van der Waals surface area contributed by atoms with Crippen molar-refractivity contribution >= 4 is 29.9 Å². The Morgan fingerprint density at radius 2 is 1.37 bits per heavy atom. The van der Waals surface area contributed by atoms with Crippen molar-refractivity contribution in [2.75, 3.05) is 13.7 Å². The van der Waals surface area contributed by atoms with Crippen LogP contribution in [-0.2, 0) is 42.9 Å². The highest BCUT2D eigenvalue weighted by Gasteiger charge is 2.52. The molecule has 1 fully saturated rings. The van der Waals surface area contributed by atoms with Crippen molar-refractivity contribution in [1.82, 2.24) is 0 Å². The summed E-state index contributed by atoms with van der Waals surface area (Å²) in [6.07, 6.45) is -5.92. The van der Waals surface area contributed by atoms with Crippen molar-refractivity contribution in [2.45, 2.75) is 58.3 Å². The molecule has 11 heteroatoms. The molecule has 5 atom stereocenters. The second kappa shape index (κ2) is 10.4. The van der Waals surface area contributed by atoms with Crippen LogP contribution in [0.4, 0.5) is 0 Å². The highest BCUT2D eigenvalue weighted by molar-refractivity contribution is 5.68. The lowest BCUT2D eigenvalue weighted by atomic mass is 9.97. The summed E-state index contributed by atoms with van der Waals surface area (Å²) in [5.74, 6) is -2.71. The molecule has 0 aromatic rings. The third kappa shape index (κ3) is 7.16. The molecule has 0 saturated carbocycles.